The molecule has 1 saturated carbocycles. The van der Waals surface area contributed by atoms with Gasteiger partial charge in [0.1, 0.15) is 12.0 Å². The van der Waals surface area contributed by atoms with Crippen molar-refractivity contribution in [3.63, 3.8) is 0 Å². The Morgan fingerprint density at radius 1 is 1.22 bits per heavy atom. The number of nitrogens with one attached hydrogen (secondary N) is 1. The van der Waals surface area contributed by atoms with Gasteiger partial charge in [0, 0.05) is 62.8 Å². The molecule has 3 fully saturated rings. The summed E-state index contributed by atoms with van der Waals surface area (Å²) in [5.74, 6) is 0.589. The molecule has 2 aromatic heterocycles. The third-order valence-electron chi connectivity index (χ3n) is 7.96. The molecule has 0 radical (unpaired) electrons. The molecule has 1 aromatic carbocycles. The number of halogens is 2. The molecule has 0 bridgehead atoms. The van der Waals surface area contributed by atoms with Crippen molar-refractivity contribution < 1.29 is 13.9 Å². The lowest BCUT2D eigenvalue weighted by atomic mass is 9.96. The predicted octanol–water partition coefficient (Wildman–Crippen LogP) is 3.61. The molecule has 4 unspecified atom stereocenters. The van der Waals surface area contributed by atoms with Crippen LogP contribution in [-0.4, -0.2) is 76.7 Å². The first-order valence-corrected chi connectivity index (χ1v) is 12.8. The Morgan fingerprint density at radius 2 is 2.03 bits per heavy atom. The van der Waals surface area contributed by atoms with E-state index in [9.17, 15) is 9.18 Å². The number of alkyl halides is 1. The van der Waals surface area contributed by atoms with Gasteiger partial charge in [0.15, 0.2) is 0 Å². The van der Waals surface area contributed by atoms with Gasteiger partial charge in [0.25, 0.3) is 0 Å². The zero-order chi connectivity index (χ0) is 25.0. The Hall–Kier alpha value is -2.75. The molecule has 0 spiro atoms. The Morgan fingerprint density at radius 3 is 2.72 bits per heavy atom. The molecular formula is C26H30ClFN6O2. The second-order valence-corrected chi connectivity index (χ2v) is 10.8. The SMILES string of the molecule is Cn1ccc(C2CC2C(=O)Nc2cc3cc(N4CCN(C5(C)COCC5F)CC4)c(Cl)cc3cn2)n1. The number of carbonyl (C=O) groups is 1. The fourth-order valence-corrected chi connectivity index (χ4v) is 5.80. The van der Waals surface area contributed by atoms with Gasteiger partial charge in [-0.15, -0.1) is 0 Å². The van der Waals surface area contributed by atoms with E-state index in [1.165, 1.54) is 0 Å². The Labute approximate surface area is 214 Å². The molecule has 4 atom stereocenters. The van der Waals surface area contributed by atoms with Crippen molar-refractivity contribution in [2.45, 2.75) is 31.0 Å². The van der Waals surface area contributed by atoms with E-state index in [4.69, 9.17) is 16.3 Å². The maximum atomic E-state index is 14.5. The van der Waals surface area contributed by atoms with Crippen molar-refractivity contribution in [3.05, 3.63) is 47.4 Å². The Balaban J connectivity index is 1.15. The van der Waals surface area contributed by atoms with E-state index in [2.05, 4.69) is 31.3 Å². The number of aryl methyl sites for hydroxylation is 1. The molecule has 6 rings (SSSR count). The standard InChI is InChI=1S/C26H30ClFN6O2/c1-26(15-36-14-23(26)28)34-7-5-33(6-8-34)22-10-16-11-24(29-13-17(16)9-20(22)27)30-25(35)19-12-18(19)21-3-4-32(2)31-21/h3-4,9-11,13,18-19,23H,5-8,12,14-15H2,1-2H3,(H,29,30,35). The molecule has 2 saturated heterocycles. The number of rotatable bonds is 5. The topological polar surface area (TPSA) is 75.5 Å². The van der Waals surface area contributed by atoms with E-state index in [-0.39, 0.29) is 24.3 Å². The van der Waals surface area contributed by atoms with Crippen LogP contribution in [0.2, 0.25) is 5.02 Å². The van der Waals surface area contributed by atoms with Crippen molar-refractivity contribution >= 4 is 39.8 Å². The monoisotopic (exact) mass is 512 g/mol. The highest BCUT2D eigenvalue weighted by Gasteiger charge is 2.46. The number of benzene rings is 1. The van der Waals surface area contributed by atoms with Crippen LogP contribution in [0.3, 0.4) is 0 Å². The van der Waals surface area contributed by atoms with Gasteiger partial charge < -0.3 is 15.0 Å². The van der Waals surface area contributed by atoms with Gasteiger partial charge >= 0.3 is 0 Å². The van der Waals surface area contributed by atoms with Gasteiger partial charge in [0.05, 0.1) is 35.2 Å². The molecule has 10 heteroatoms. The van der Waals surface area contributed by atoms with Crippen LogP contribution < -0.4 is 10.2 Å². The number of nitrogens with zero attached hydrogens (tertiary/aromatic N) is 5. The number of amides is 1. The normalized spacial score (nSPS) is 28.6. The highest BCUT2D eigenvalue weighted by Crippen LogP contribution is 2.47. The summed E-state index contributed by atoms with van der Waals surface area (Å²) in [5.41, 5.74) is 1.34. The third-order valence-corrected chi connectivity index (χ3v) is 8.26. The molecule has 36 heavy (non-hydrogen) atoms. The zero-order valence-electron chi connectivity index (χ0n) is 20.5. The van der Waals surface area contributed by atoms with Crippen LogP contribution in [0.15, 0.2) is 36.7 Å². The summed E-state index contributed by atoms with van der Waals surface area (Å²) in [7, 11) is 1.88. The molecule has 3 aromatic rings. The molecule has 2 aliphatic heterocycles. The second kappa shape index (κ2) is 8.97. The Kier molecular flexibility index (Phi) is 5.89. The molecule has 1 amide bonds. The minimum atomic E-state index is -0.968. The summed E-state index contributed by atoms with van der Waals surface area (Å²) >= 11 is 6.66. The summed E-state index contributed by atoms with van der Waals surface area (Å²) in [6.07, 6.45) is 3.47. The number of hydrogen-bond donors (Lipinski definition) is 1. The van der Waals surface area contributed by atoms with Crippen molar-refractivity contribution in [2.24, 2.45) is 13.0 Å². The molecule has 4 heterocycles. The van der Waals surface area contributed by atoms with Crippen LogP contribution in [0.25, 0.3) is 10.8 Å². The number of fused-ring (bicyclic) bond motifs is 1. The van der Waals surface area contributed by atoms with Crippen molar-refractivity contribution in [1.29, 1.82) is 0 Å². The van der Waals surface area contributed by atoms with E-state index in [1.807, 2.05) is 38.4 Å². The van der Waals surface area contributed by atoms with Crippen LogP contribution in [0.5, 0.6) is 0 Å². The molecule has 3 aliphatic rings. The van der Waals surface area contributed by atoms with E-state index >= 15 is 0 Å². The first-order chi connectivity index (χ1) is 17.3. The van der Waals surface area contributed by atoms with Crippen molar-refractivity contribution in [2.75, 3.05) is 49.6 Å². The molecule has 1 aliphatic carbocycles. The maximum absolute atomic E-state index is 14.5. The van der Waals surface area contributed by atoms with Crippen LogP contribution in [0, 0.1) is 5.92 Å². The summed E-state index contributed by atoms with van der Waals surface area (Å²) in [6.45, 7) is 5.53. The number of ether oxygens (including phenoxy) is 1. The van der Waals surface area contributed by atoms with Gasteiger partial charge in [-0.3, -0.25) is 14.4 Å². The highest BCUT2D eigenvalue weighted by molar-refractivity contribution is 6.34. The number of hydrogen-bond acceptors (Lipinski definition) is 6. The minimum absolute atomic E-state index is 0.0293. The molecule has 190 valence electrons. The number of anilines is 2. The summed E-state index contributed by atoms with van der Waals surface area (Å²) in [4.78, 5) is 21.7. The number of pyridine rings is 1. The average Bonchev–Trinajstić information content (AvgIpc) is 3.44. The summed E-state index contributed by atoms with van der Waals surface area (Å²) < 4.78 is 21.6. The fraction of sp³-hybridized carbons (Fsp3) is 0.500. The van der Waals surface area contributed by atoms with E-state index in [0.717, 1.165) is 54.8 Å². The lowest BCUT2D eigenvalue weighted by Gasteiger charge is -2.44. The Bertz CT molecular complexity index is 1310. The summed E-state index contributed by atoms with van der Waals surface area (Å²) in [6, 6.07) is 7.83. The van der Waals surface area contributed by atoms with Gasteiger partial charge in [-0.1, -0.05) is 11.6 Å². The largest absolute Gasteiger partial charge is 0.376 e. The van der Waals surface area contributed by atoms with Crippen LogP contribution in [0.1, 0.15) is 25.0 Å². The van der Waals surface area contributed by atoms with Crippen molar-refractivity contribution in [3.8, 4) is 0 Å². The van der Waals surface area contributed by atoms with Gasteiger partial charge in [-0.05, 0) is 43.0 Å². The lowest BCUT2D eigenvalue weighted by Crippen LogP contribution is -2.59. The van der Waals surface area contributed by atoms with E-state index in [0.29, 0.717) is 17.4 Å². The quantitative estimate of drug-likeness (QED) is 0.563. The van der Waals surface area contributed by atoms with Crippen LogP contribution in [0.4, 0.5) is 15.9 Å². The summed E-state index contributed by atoms with van der Waals surface area (Å²) in [5, 5.41) is 9.93. The van der Waals surface area contributed by atoms with Gasteiger partial charge in [-0.25, -0.2) is 9.37 Å². The fourth-order valence-electron chi connectivity index (χ4n) is 5.51. The smallest absolute Gasteiger partial charge is 0.229 e. The first-order valence-electron chi connectivity index (χ1n) is 12.4. The highest BCUT2D eigenvalue weighted by atomic mass is 35.5. The molecule has 1 N–H and O–H groups in total. The average molecular weight is 513 g/mol. The van der Waals surface area contributed by atoms with Gasteiger partial charge in [0.2, 0.25) is 5.91 Å². The number of piperazine rings is 1. The zero-order valence-corrected chi connectivity index (χ0v) is 21.2. The lowest BCUT2D eigenvalue weighted by molar-refractivity contribution is -0.117. The maximum Gasteiger partial charge on any atom is 0.229 e. The van der Waals surface area contributed by atoms with E-state index < -0.39 is 11.7 Å². The molecule has 8 nitrogen and oxygen atoms in total. The number of aromatic nitrogens is 3. The van der Waals surface area contributed by atoms with Crippen LogP contribution in [-0.2, 0) is 16.6 Å². The number of carbonyl (C=O) groups excluding carboxylic acids is 1. The predicted molar refractivity (Wildman–Crippen MR) is 137 cm³/mol. The van der Waals surface area contributed by atoms with Crippen LogP contribution >= 0.6 is 11.6 Å². The second-order valence-electron chi connectivity index (χ2n) is 10.4. The van der Waals surface area contributed by atoms with Crippen molar-refractivity contribution in [1.82, 2.24) is 19.7 Å². The van der Waals surface area contributed by atoms with E-state index in [1.54, 1.807) is 10.9 Å². The van der Waals surface area contributed by atoms with Gasteiger partial charge in [-0.2, -0.15) is 5.10 Å². The minimum Gasteiger partial charge on any atom is -0.376 e. The third kappa shape index (κ3) is 4.23. The molecular weight excluding hydrogens is 483 g/mol. The first kappa shape index (κ1) is 23.6.